The smallest absolute Gasteiger partial charge is 0.264 e. The summed E-state index contributed by atoms with van der Waals surface area (Å²) < 4.78 is 0. The van der Waals surface area contributed by atoms with Crippen molar-refractivity contribution in [2.75, 3.05) is 11.4 Å². The van der Waals surface area contributed by atoms with Crippen molar-refractivity contribution < 1.29 is 9.59 Å². The third kappa shape index (κ3) is 1.54. The van der Waals surface area contributed by atoms with Crippen LogP contribution in [0.1, 0.15) is 12.8 Å². The van der Waals surface area contributed by atoms with Gasteiger partial charge in [0.2, 0.25) is 5.91 Å². The molecule has 5 nitrogen and oxygen atoms in total. The molecular weight excluding hydrogens is 254 g/mol. The van der Waals surface area contributed by atoms with Gasteiger partial charge in [-0.3, -0.25) is 9.59 Å². The first-order valence-corrected chi connectivity index (χ1v) is 6.02. The molecule has 2 amide bonds. The highest BCUT2D eigenvalue weighted by Gasteiger charge is 2.54. The predicted octanol–water partition coefficient (Wildman–Crippen LogP) is 2.20. The van der Waals surface area contributed by atoms with E-state index in [2.05, 4.69) is 10.2 Å². The maximum atomic E-state index is 12.4. The van der Waals surface area contributed by atoms with E-state index < -0.39 is 5.54 Å². The number of anilines is 1. The van der Waals surface area contributed by atoms with Gasteiger partial charge >= 0.3 is 0 Å². The van der Waals surface area contributed by atoms with Crippen LogP contribution in [0.4, 0.5) is 5.69 Å². The minimum Gasteiger partial charge on any atom is -0.274 e. The van der Waals surface area contributed by atoms with E-state index in [1.165, 1.54) is 0 Å². The summed E-state index contributed by atoms with van der Waals surface area (Å²) in [7, 11) is 0. The van der Waals surface area contributed by atoms with E-state index in [9.17, 15) is 9.59 Å². The molecule has 0 saturated carbocycles. The van der Waals surface area contributed by atoms with Gasteiger partial charge in [0.1, 0.15) is 0 Å². The lowest BCUT2D eigenvalue weighted by atomic mass is 9.96. The van der Waals surface area contributed by atoms with Crippen molar-refractivity contribution in [1.29, 1.82) is 0 Å². The monoisotopic (exact) mass is 263 g/mol. The standard InChI is InChI=1S/C12H10ClN3O2/c13-8-2-1-3-9(6-8)16-10(17)7-12(11(16)18)4-5-14-15-12/h1-3,6H,4-5,7H2. The number of halogens is 1. The fraction of sp³-hybridized carbons (Fsp3) is 0.333. The van der Waals surface area contributed by atoms with Crippen LogP contribution >= 0.6 is 11.6 Å². The number of hydrogen-bond acceptors (Lipinski definition) is 4. The number of imide groups is 1. The zero-order valence-corrected chi connectivity index (χ0v) is 10.2. The summed E-state index contributed by atoms with van der Waals surface area (Å²) >= 11 is 5.88. The van der Waals surface area contributed by atoms with Gasteiger partial charge in [-0.1, -0.05) is 17.7 Å². The maximum absolute atomic E-state index is 12.4. The number of rotatable bonds is 1. The molecule has 0 N–H and O–H groups in total. The Labute approximate surface area is 108 Å². The second-order valence-electron chi connectivity index (χ2n) is 4.44. The third-order valence-corrected chi connectivity index (χ3v) is 3.48. The number of carbonyl (C=O) groups is 2. The molecule has 0 bridgehead atoms. The molecule has 1 unspecified atom stereocenters. The van der Waals surface area contributed by atoms with Gasteiger partial charge in [0, 0.05) is 11.4 Å². The first-order valence-electron chi connectivity index (χ1n) is 5.64. The summed E-state index contributed by atoms with van der Waals surface area (Å²) in [5.41, 5.74) is -0.462. The first kappa shape index (κ1) is 11.3. The molecule has 1 fully saturated rings. The number of hydrogen-bond donors (Lipinski definition) is 0. The zero-order valence-electron chi connectivity index (χ0n) is 9.47. The van der Waals surface area contributed by atoms with Crippen LogP contribution in [0, 0.1) is 0 Å². The zero-order chi connectivity index (χ0) is 12.8. The Morgan fingerprint density at radius 1 is 1.33 bits per heavy atom. The van der Waals surface area contributed by atoms with Crippen molar-refractivity contribution in [1.82, 2.24) is 0 Å². The lowest BCUT2D eigenvalue weighted by Crippen LogP contribution is -2.38. The lowest BCUT2D eigenvalue weighted by Gasteiger charge is -2.17. The van der Waals surface area contributed by atoms with Crippen LogP contribution in [-0.4, -0.2) is 23.9 Å². The summed E-state index contributed by atoms with van der Waals surface area (Å²) in [5, 5.41) is 8.31. The second kappa shape index (κ2) is 3.88. The van der Waals surface area contributed by atoms with Gasteiger partial charge in [0.15, 0.2) is 5.54 Å². The minimum atomic E-state index is -0.959. The van der Waals surface area contributed by atoms with E-state index in [0.717, 1.165) is 4.90 Å². The molecule has 1 saturated heterocycles. The molecule has 92 valence electrons. The highest BCUT2D eigenvalue weighted by atomic mass is 35.5. The summed E-state index contributed by atoms with van der Waals surface area (Å²) in [6.45, 7) is 0.502. The summed E-state index contributed by atoms with van der Waals surface area (Å²) in [6.07, 6.45) is 0.608. The van der Waals surface area contributed by atoms with Crippen molar-refractivity contribution in [3.63, 3.8) is 0 Å². The molecule has 18 heavy (non-hydrogen) atoms. The van der Waals surface area contributed by atoms with Gasteiger partial charge in [0.25, 0.3) is 5.91 Å². The van der Waals surface area contributed by atoms with E-state index in [1.54, 1.807) is 24.3 Å². The largest absolute Gasteiger partial charge is 0.274 e. The Morgan fingerprint density at radius 2 is 2.17 bits per heavy atom. The SMILES string of the molecule is O=C1CC2(CCN=N2)C(=O)N1c1cccc(Cl)c1. The average molecular weight is 264 g/mol. The molecule has 1 spiro atoms. The second-order valence-corrected chi connectivity index (χ2v) is 4.87. The minimum absolute atomic E-state index is 0.0991. The molecular formula is C12H10ClN3O2. The average Bonchev–Trinajstić information content (AvgIpc) is 2.87. The highest BCUT2D eigenvalue weighted by Crippen LogP contribution is 2.38. The van der Waals surface area contributed by atoms with Gasteiger partial charge < -0.3 is 0 Å². The molecule has 1 aromatic rings. The number of nitrogens with zero attached hydrogens (tertiary/aromatic N) is 3. The summed E-state index contributed by atoms with van der Waals surface area (Å²) in [5.74, 6) is -0.542. The Hall–Kier alpha value is -1.75. The Kier molecular flexibility index (Phi) is 2.45. The van der Waals surface area contributed by atoms with Crippen molar-refractivity contribution in [2.45, 2.75) is 18.4 Å². The van der Waals surface area contributed by atoms with Gasteiger partial charge in [-0.25, -0.2) is 4.90 Å². The van der Waals surface area contributed by atoms with Gasteiger partial charge in [-0.05, 0) is 18.2 Å². The van der Waals surface area contributed by atoms with Crippen molar-refractivity contribution >= 4 is 29.1 Å². The summed E-state index contributed by atoms with van der Waals surface area (Å²) in [6, 6.07) is 6.69. The first-order chi connectivity index (χ1) is 8.62. The lowest BCUT2D eigenvalue weighted by molar-refractivity contribution is -0.122. The fourth-order valence-corrected chi connectivity index (χ4v) is 2.53. The third-order valence-electron chi connectivity index (χ3n) is 3.25. The van der Waals surface area contributed by atoms with Crippen LogP contribution in [0.25, 0.3) is 0 Å². The van der Waals surface area contributed by atoms with Crippen molar-refractivity contribution in [3.8, 4) is 0 Å². The molecule has 2 heterocycles. The molecule has 0 radical (unpaired) electrons. The Bertz CT molecular complexity index is 572. The molecule has 0 aromatic heterocycles. The van der Waals surface area contributed by atoms with Gasteiger partial charge in [-0.15, -0.1) is 0 Å². The molecule has 1 atom stereocenters. The van der Waals surface area contributed by atoms with Crippen molar-refractivity contribution in [2.24, 2.45) is 10.2 Å². The molecule has 6 heteroatoms. The van der Waals surface area contributed by atoms with Gasteiger partial charge in [0.05, 0.1) is 18.7 Å². The highest BCUT2D eigenvalue weighted by molar-refractivity contribution is 6.31. The fourth-order valence-electron chi connectivity index (χ4n) is 2.35. The summed E-state index contributed by atoms with van der Waals surface area (Å²) in [4.78, 5) is 25.5. The van der Waals surface area contributed by atoms with Crippen LogP contribution in [0.5, 0.6) is 0 Å². The Morgan fingerprint density at radius 3 is 2.83 bits per heavy atom. The van der Waals surface area contributed by atoms with E-state index in [4.69, 9.17) is 11.6 Å². The van der Waals surface area contributed by atoms with E-state index in [0.29, 0.717) is 23.7 Å². The van der Waals surface area contributed by atoms with Crippen molar-refractivity contribution in [3.05, 3.63) is 29.3 Å². The number of benzene rings is 1. The van der Waals surface area contributed by atoms with E-state index in [-0.39, 0.29) is 18.2 Å². The normalized spacial score (nSPS) is 26.6. The van der Waals surface area contributed by atoms with Gasteiger partial charge in [-0.2, -0.15) is 10.2 Å². The molecule has 3 rings (SSSR count). The van der Waals surface area contributed by atoms with E-state index >= 15 is 0 Å². The quantitative estimate of drug-likeness (QED) is 0.729. The van der Waals surface area contributed by atoms with Crippen LogP contribution in [0.3, 0.4) is 0 Å². The van der Waals surface area contributed by atoms with Crippen LogP contribution < -0.4 is 4.90 Å². The maximum Gasteiger partial charge on any atom is 0.264 e. The topological polar surface area (TPSA) is 62.1 Å². The van der Waals surface area contributed by atoms with Crippen LogP contribution in [-0.2, 0) is 9.59 Å². The Balaban J connectivity index is 2.01. The predicted molar refractivity (Wildman–Crippen MR) is 65.6 cm³/mol. The van der Waals surface area contributed by atoms with E-state index in [1.807, 2.05) is 0 Å². The number of azo groups is 1. The molecule has 0 aliphatic carbocycles. The molecule has 2 aliphatic rings. The number of carbonyl (C=O) groups excluding carboxylic acids is 2. The van der Waals surface area contributed by atoms with Crippen LogP contribution in [0.15, 0.2) is 34.5 Å². The number of amides is 2. The molecule has 1 aromatic carbocycles. The van der Waals surface area contributed by atoms with Crippen LogP contribution in [0.2, 0.25) is 5.02 Å². The molecule has 2 aliphatic heterocycles.